The van der Waals surface area contributed by atoms with Gasteiger partial charge in [-0.05, 0) is 49.9 Å². The van der Waals surface area contributed by atoms with Crippen molar-refractivity contribution in [2.75, 3.05) is 18.5 Å². The average molecular weight is 513 g/mol. The lowest BCUT2D eigenvalue weighted by Crippen LogP contribution is -2.56. The van der Waals surface area contributed by atoms with Crippen molar-refractivity contribution in [2.24, 2.45) is 0 Å². The zero-order valence-corrected chi connectivity index (χ0v) is 21.0. The number of nitrogens with one attached hydrogen (secondary N) is 2. The molecule has 0 aromatic carbocycles. The Morgan fingerprint density at radius 2 is 2.08 bits per heavy atom. The van der Waals surface area contributed by atoms with Crippen LogP contribution in [0.1, 0.15) is 43.2 Å². The first-order valence-electron chi connectivity index (χ1n) is 12.3. The lowest BCUT2D eigenvalue weighted by Gasteiger charge is -2.46. The Kier molecular flexibility index (Phi) is 4.86. The van der Waals surface area contributed by atoms with Crippen LogP contribution in [0.2, 0.25) is 0 Å². The van der Waals surface area contributed by atoms with Crippen LogP contribution in [0.3, 0.4) is 0 Å². The van der Waals surface area contributed by atoms with Crippen LogP contribution < -0.4 is 10.6 Å². The fourth-order valence-corrected chi connectivity index (χ4v) is 7.17. The Hall–Kier alpha value is -3.88. The Labute approximate surface area is 216 Å². The van der Waals surface area contributed by atoms with E-state index in [0.717, 1.165) is 63.9 Å². The van der Waals surface area contributed by atoms with Crippen LogP contribution in [0.4, 0.5) is 5.69 Å². The first-order chi connectivity index (χ1) is 18.0. The van der Waals surface area contributed by atoms with E-state index in [1.165, 1.54) is 0 Å². The van der Waals surface area contributed by atoms with Gasteiger partial charge in [0.15, 0.2) is 5.01 Å². The van der Waals surface area contributed by atoms with E-state index in [2.05, 4.69) is 32.0 Å². The normalized spacial score (nSPS) is 24.3. The summed E-state index contributed by atoms with van der Waals surface area (Å²) in [5.41, 5.74) is 4.73. The van der Waals surface area contributed by atoms with Crippen LogP contribution in [0.25, 0.3) is 27.5 Å². The maximum atomic E-state index is 11.7. The molecule has 10 nitrogen and oxygen atoms in total. The molecule has 0 unspecified atom stereocenters. The summed E-state index contributed by atoms with van der Waals surface area (Å²) in [7, 11) is 0. The highest BCUT2D eigenvalue weighted by Crippen LogP contribution is 2.63. The highest BCUT2D eigenvalue weighted by molar-refractivity contribution is 7.14. The fourth-order valence-electron chi connectivity index (χ4n) is 6.08. The zero-order chi connectivity index (χ0) is 25.2. The molecule has 1 saturated heterocycles. The predicted molar refractivity (Wildman–Crippen MR) is 137 cm³/mol. The van der Waals surface area contributed by atoms with Crippen LogP contribution in [-0.2, 0) is 14.9 Å². The number of amides is 1. The minimum absolute atomic E-state index is 0.0138. The van der Waals surface area contributed by atoms with Gasteiger partial charge in [0.2, 0.25) is 5.91 Å². The van der Waals surface area contributed by atoms with Crippen molar-refractivity contribution in [3.05, 3.63) is 47.2 Å². The van der Waals surface area contributed by atoms with E-state index in [9.17, 15) is 10.1 Å². The minimum atomic E-state index is -0.0696. The fraction of sp³-hybridized carbons (Fsp3) is 0.385. The van der Waals surface area contributed by atoms with Gasteiger partial charge < -0.3 is 15.4 Å². The highest BCUT2D eigenvalue weighted by Gasteiger charge is 2.63. The average Bonchev–Trinajstić information content (AvgIpc) is 3.62. The summed E-state index contributed by atoms with van der Waals surface area (Å²) >= 11 is 1.62. The predicted octanol–water partition coefficient (Wildman–Crippen LogP) is 3.30. The van der Waals surface area contributed by atoms with Gasteiger partial charge in [0.05, 0.1) is 53.5 Å². The number of carbonyl (C=O) groups excluding carboxylic acids is 1. The Morgan fingerprint density at radius 1 is 1.22 bits per heavy atom. The summed E-state index contributed by atoms with van der Waals surface area (Å²) in [4.78, 5) is 16.4. The number of ether oxygens (including phenoxy) is 1. The number of nitriles is 1. The van der Waals surface area contributed by atoms with Crippen molar-refractivity contribution in [1.82, 2.24) is 30.1 Å². The third-order valence-electron chi connectivity index (χ3n) is 7.78. The number of carbonyl (C=O) groups is 1. The van der Waals surface area contributed by atoms with Gasteiger partial charge in [-0.25, -0.2) is 4.52 Å². The molecule has 11 heteroatoms. The van der Waals surface area contributed by atoms with Gasteiger partial charge in [0, 0.05) is 29.8 Å². The van der Waals surface area contributed by atoms with Crippen molar-refractivity contribution in [2.45, 2.75) is 49.6 Å². The molecule has 0 atom stereocenters. The number of nitrogens with zero attached hydrogens (tertiary/aromatic N) is 6. The first kappa shape index (κ1) is 22.3. The molecular weight excluding hydrogens is 488 g/mol. The second-order valence-corrected chi connectivity index (χ2v) is 11.4. The van der Waals surface area contributed by atoms with E-state index in [-0.39, 0.29) is 22.9 Å². The lowest BCUT2D eigenvalue weighted by molar-refractivity contribution is -0.121. The van der Waals surface area contributed by atoms with Crippen LogP contribution in [0.15, 0.2) is 36.7 Å². The van der Waals surface area contributed by atoms with Gasteiger partial charge >= 0.3 is 0 Å². The molecule has 186 valence electrons. The van der Waals surface area contributed by atoms with E-state index in [1.807, 2.05) is 30.5 Å². The van der Waals surface area contributed by atoms with E-state index in [1.54, 1.807) is 29.0 Å². The van der Waals surface area contributed by atoms with Crippen LogP contribution in [-0.4, -0.2) is 55.5 Å². The van der Waals surface area contributed by atoms with E-state index >= 15 is 0 Å². The molecular formula is C26H24N8O2S. The molecule has 4 aromatic rings. The van der Waals surface area contributed by atoms with E-state index < -0.39 is 0 Å². The molecule has 4 aromatic heterocycles. The molecule has 1 aliphatic heterocycles. The largest absolute Gasteiger partial charge is 0.377 e. The second kappa shape index (κ2) is 8.06. The van der Waals surface area contributed by atoms with E-state index in [4.69, 9.17) is 9.72 Å². The number of hydrogen-bond donors (Lipinski definition) is 2. The molecule has 2 N–H and O–H groups in total. The monoisotopic (exact) mass is 512 g/mol. The Balaban J connectivity index is 1.22. The van der Waals surface area contributed by atoms with Crippen LogP contribution in [0, 0.1) is 11.3 Å². The summed E-state index contributed by atoms with van der Waals surface area (Å²) in [6, 6.07) is 10.1. The van der Waals surface area contributed by atoms with Gasteiger partial charge in [-0.2, -0.15) is 10.4 Å². The maximum Gasteiger partial charge on any atom is 0.217 e. The van der Waals surface area contributed by atoms with Crippen LogP contribution >= 0.6 is 11.3 Å². The Morgan fingerprint density at radius 3 is 2.84 bits per heavy atom. The SMILES string of the molecule is CC(=O)NC12CCC(c3nnc(-c4cnc(-c5ccc6cc(C#N)cnn56)cc4NC4COC4)s3)(C1)C2. The molecule has 3 aliphatic carbocycles. The standard InChI is InChI=1S/C26H24N8O2S/c1-15(35)31-26-5-4-25(13-26,14-26)24-33-32-23(37-24)19-10-28-21(7-20(19)30-17-11-36-12-17)22-3-2-18-6-16(8-27)9-29-34(18)22/h2-3,6-7,9-10,17H,4-5,11-14H2,1H3,(H,28,30)(H,31,35). The number of rotatable bonds is 6. The highest BCUT2D eigenvalue weighted by atomic mass is 32.1. The second-order valence-electron chi connectivity index (χ2n) is 10.4. The van der Waals surface area contributed by atoms with Crippen molar-refractivity contribution < 1.29 is 9.53 Å². The first-order valence-corrected chi connectivity index (χ1v) is 13.1. The van der Waals surface area contributed by atoms with Crippen LogP contribution in [0.5, 0.6) is 0 Å². The molecule has 0 spiro atoms. The van der Waals surface area contributed by atoms with E-state index in [0.29, 0.717) is 18.8 Å². The third kappa shape index (κ3) is 3.59. The summed E-state index contributed by atoms with van der Waals surface area (Å²) in [5.74, 6) is 0.0341. The lowest BCUT2D eigenvalue weighted by atomic mass is 9.65. The number of hydrogen-bond acceptors (Lipinski definition) is 9. The quantitative estimate of drug-likeness (QED) is 0.403. The number of aromatic nitrogens is 5. The summed E-state index contributed by atoms with van der Waals surface area (Å²) < 4.78 is 7.18. The summed E-state index contributed by atoms with van der Waals surface area (Å²) in [6.07, 6.45) is 7.27. The molecule has 5 heterocycles. The molecule has 1 amide bonds. The molecule has 4 aliphatic rings. The molecule has 8 rings (SSSR count). The summed E-state index contributed by atoms with van der Waals surface area (Å²) in [5, 5.41) is 31.4. The van der Waals surface area contributed by atoms with Gasteiger partial charge in [-0.1, -0.05) is 11.3 Å². The number of fused-ring (bicyclic) bond motifs is 2. The molecule has 4 fully saturated rings. The number of pyridine rings is 1. The van der Waals surface area contributed by atoms with Crippen molar-refractivity contribution in [3.63, 3.8) is 0 Å². The van der Waals surface area contributed by atoms with Crippen molar-refractivity contribution in [1.29, 1.82) is 5.26 Å². The maximum absolute atomic E-state index is 11.7. The van der Waals surface area contributed by atoms with Crippen molar-refractivity contribution >= 4 is 28.4 Å². The van der Waals surface area contributed by atoms with Gasteiger partial charge in [-0.15, -0.1) is 10.2 Å². The topological polar surface area (TPSA) is 130 Å². The molecule has 0 radical (unpaired) electrons. The van der Waals surface area contributed by atoms with Crippen molar-refractivity contribution in [3.8, 4) is 28.0 Å². The summed E-state index contributed by atoms with van der Waals surface area (Å²) in [6.45, 7) is 2.89. The molecule has 3 saturated carbocycles. The van der Waals surface area contributed by atoms with Gasteiger partial charge in [0.25, 0.3) is 0 Å². The molecule has 2 bridgehead atoms. The zero-order valence-electron chi connectivity index (χ0n) is 20.2. The van der Waals surface area contributed by atoms with Gasteiger partial charge in [0.1, 0.15) is 11.1 Å². The Bertz CT molecular complexity index is 1590. The minimum Gasteiger partial charge on any atom is -0.377 e. The molecule has 37 heavy (non-hydrogen) atoms. The smallest absolute Gasteiger partial charge is 0.217 e. The number of anilines is 1. The van der Waals surface area contributed by atoms with Gasteiger partial charge in [-0.3, -0.25) is 9.78 Å². The third-order valence-corrected chi connectivity index (χ3v) is 8.98.